The fourth-order valence-corrected chi connectivity index (χ4v) is 9.74. The molecule has 0 bridgehead atoms. The van der Waals surface area contributed by atoms with Gasteiger partial charge in [0.15, 0.2) is 0 Å². The first kappa shape index (κ1) is 23.3. The monoisotopic (exact) mass is 406 g/mol. The van der Waals surface area contributed by atoms with E-state index in [4.69, 9.17) is 19.3 Å². The van der Waals surface area contributed by atoms with Crippen LogP contribution in [0.2, 0.25) is 6.04 Å². The third-order valence-electron chi connectivity index (χ3n) is 6.46. The molecule has 0 aliphatic carbocycles. The lowest BCUT2D eigenvalue weighted by molar-refractivity contribution is -0.0978. The van der Waals surface area contributed by atoms with Crippen molar-refractivity contribution in [2.24, 2.45) is 11.7 Å². The van der Waals surface area contributed by atoms with Gasteiger partial charge >= 0.3 is 8.56 Å². The Labute approximate surface area is 171 Å². The van der Waals surface area contributed by atoms with Crippen molar-refractivity contribution in [2.45, 2.75) is 62.5 Å². The average Bonchev–Trinajstić information content (AvgIpc) is 2.70. The molecule has 1 heterocycles. The van der Waals surface area contributed by atoms with Crippen molar-refractivity contribution in [3.05, 3.63) is 48.6 Å². The lowest BCUT2D eigenvalue weighted by Gasteiger charge is -2.62. The van der Waals surface area contributed by atoms with Crippen molar-refractivity contribution in [2.75, 3.05) is 21.3 Å². The zero-order chi connectivity index (χ0) is 20.8. The van der Waals surface area contributed by atoms with Crippen LogP contribution in [0.15, 0.2) is 43.0 Å². The summed E-state index contributed by atoms with van der Waals surface area (Å²) in [5.74, 6) is 0.177. The van der Waals surface area contributed by atoms with Crippen molar-refractivity contribution < 1.29 is 13.6 Å². The summed E-state index contributed by atoms with van der Waals surface area (Å²) < 4.78 is 18.9. The number of methoxy groups -OCH3 is 1. The van der Waals surface area contributed by atoms with Gasteiger partial charge in [-0.25, -0.2) is 0 Å². The molecule has 1 fully saturated rings. The molecule has 0 aromatic heterocycles. The van der Waals surface area contributed by atoms with Crippen LogP contribution in [0.5, 0.6) is 0 Å². The maximum absolute atomic E-state index is 6.48. The first-order valence-electron chi connectivity index (χ1n) is 10.3. The minimum Gasteiger partial charge on any atom is -0.396 e. The molecule has 5 nitrogen and oxygen atoms in total. The van der Waals surface area contributed by atoms with Crippen LogP contribution < -0.4 is 11.1 Å². The molecule has 6 heteroatoms. The summed E-state index contributed by atoms with van der Waals surface area (Å²) in [7, 11) is 2.60. The van der Waals surface area contributed by atoms with Crippen LogP contribution >= 0.6 is 0 Å². The smallest absolute Gasteiger partial charge is 0.372 e. The summed E-state index contributed by atoms with van der Waals surface area (Å²) in [6.45, 7) is 8.35. The van der Waals surface area contributed by atoms with Crippen LogP contribution in [0.3, 0.4) is 0 Å². The SMILES string of the molecule is C=CC1CC[Si](OC)(OC)C(CCC)(OC)C1(Cc1ccccc1)NC(C)N. The fraction of sp³-hybridized carbons (Fsp3) is 0.636. The molecular weight excluding hydrogens is 368 g/mol. The van der Waals surface area contributed by atoms with E-state index in [0.717, 1.165) is 31.7 Å². The Morgan fingerprint density at radius 3 is 2.39 bits per heavy atom. The molecule has 1 aliphatic heterocycles. The Kier molecular flexibility index (Phi) is 8.02. The van der Waals surface area contributed by atoms with Crippen molar-refractivity contribution in [1.29, 1.82) is 0 Å². The van der Waals surface area contributed by atoms with E-state index < -0.39 is 19.3 Å². The lowest BCUT2D eigenvalue weighted by atomic mass is 9.70. The Bertz CT molecular complexity index is 623. The minimum atomic E-state index is -2.73. The van der Waals surface area contributed by atoms with Gasteiger partial charge in [-0.05, 0) is 43.7 Å². The highest BCUT2D eigenvalue weighted by atomic mass is 28.4. The molecule has 1 aromatic carbocycles. The van der Waals surface area contributed by atoms with E-state index in [0.29, 0.717) is 0 Å². The van der Waals surface area contributed by atoms with Gasteiger partial charge in [0.1, 0.15) is 5.22 Å². The normalized spacial score (nSPS) is 30.7. The molecule has 0 amide bonds. The van der Waals surface area contributed by atoms with Gasteiger partial charge in [0.05, 0.1) is 11.7 Å². The molecule has 28 heavy (non-hydrogen) atoms. The third-order valence-corrected chi connectivity index (χ3v) is 10.9. The summed E-state index contributed by atoms with van der Waals surface area (Å²) in [6.07, 6.45) is 5.33. The van der Waals surface area contributed by atoms with Crippen molar-refractivity contribution >= 4 is 8.56 Å². The standard InChI is InChI=1S/C22H38N2O3Si/c1-7-15-22(25-4)21(24-18(3)23,17-19-12-10-9-11-13-19)20(8-2)14-16-28(22,26-5)27-6/h8-13,18,20,24H,2,7,14-17,23H2,1,3-6H3. The Morgan fingerprint density at radius 1 is 1.29 bits per heavy atom. The van der Waals surface area contributed by atoms with Gasteiger partial charge in [-0.2, -0.15) is 0 Å². The third kappa shape index (κ3) is 3.74. The van der Waals surface area contributed by atoms with E-state index in [-0.39, 0.29) is 12.1 Å². The number of ether oxygens (including phenoxy) is 1. The second-order valence-electron chi connectivity index (χ2n) is 7.89. The van der Waals surface area contributed by atoms with Crippen LogP contribution in [-0.4, -0.2) is 46.8 Å². The first-order chi connectivity index (χ1) is 13.4. The van der Waals surface area contributed by atoms with E-state index >= 15 is 0 Å². The topological polar surface area (TPSA) is 65.7 Å². The van der Waals surface area contributed by atoms with Gasteiger partial charge in [-0.3, -0.25) is 5.32 Å². The van der Waals surface area contributed by atoms with Gasteiger partial charge < -0.3 is 19.3 Å². The highest BCUT2D eigenvalue weighted by molar-refractivity contribution is 6.71. The maximum Gasteiger partial charge on any atom is 0.372 e. The molecule has 4 unspecified atom stereocenters. The summed E-state index contributed by atoms with van der Waals surface area (Å²) in [5, 5.41) is 3.14. The van der Waals surface area contributed by atoms with Gasteiger partial charge in [0.25, 0.3) is 0 Å². The van der Waals surface area contributed by atoms with Crippen molar-refractivity contribution in [1.82, 2.24) is 5.32 Å². The van der Waals surface area contributed by atoms with Crippen molar-refractivity contribution in [3.63, 3.8) is 0 Å². The summed E-state index contributed by atoms with van der Waals surface area (Å²) in [6, 6.07) is 11.4. The summed E-state index contributed by atoms with van der Waals surface area (Å²) in [4.78, 5) is 0. The van der Waals surface area contributed by atoms with Crippen molar-refractivity contribution in [3.8, 4) is 0 Å². The molecule has 1 aliphatic rings. The van der Waals surface area contributed by atoms with Crippen LogP contribution in [0.25, 0.3) is 0 Å². The molecular formula is C22H38N2O3Si. The molecule has 0 radical (unpaired) electrons. The molecule has 3 N–H and O–H groups in total. The zero-order valence-electron chi connectivity index (χ0n) is 18.2. The minimum absolute atomic E-state index is 0.177. The number of nitrogens with two attached hydrogens (primary N) is 1. The number of nitrogens with one attached hydrogen (secondary N) is 1. The summed E-state index contributed by atoms with van der Waals surface area (Å²) >= 11 is 0. The van der Waals surface area contributed by atoms with Crippen LogP contribution in [0.1, 0.15) is 38.7 Å². The van der Waals surface area contributed by atoms with Gasteiger partial charge in [0.2, 0.25) is 0 Å². The lowest BCUT2D eigenvalue weighted by Crippen LogP contribution is -2.83. The quantitative estimate of drug-likeness (QED) is 0.353. The molecule has 4 atom stereocenters. The Hall–Kier alpha value is -1.02. The largest absolute Gasteiger partial charge is 0.396 e. The highest BCUT2D eigenvalue weighted by Gasteiger charge is 2.71. The number of rotatable bonds is 10. The molecule has 1 aromatic rings. The molecule has 0 spiro atoms. The van der Waals surface area contributed by atoms with E-state index in [1.807, 2.05) is 13.0 Å². The predicted molar refractivity (Wildman–Crippen MR) is 117 cm³/mol. The maximum atomic E-state index is 6.48. The number of benzene rings is 1. The number of hydrogen-bond donors (Lipinski definition) is 2. The molecule has 158 valence electrons. The molecule has 1 saturated heterocycles. The average molecular weight is 407 g/mol. The van der Waals surface area contributed by atoms with E-state index in [1.165, 1.54) is 5.56 Å². The number of hydrogen-bond acceptors (Lipinski definition) is 5. The van der Waals surface area contributed by atoms with Crippen LogP contribution in [-0.2, 0) is 20.0 Å². The second-order valence-corrected chi connectivity index (χ2v) is 11.5. The van der Waals surface area contributed by atoms with Gasteiger partial charge in [0, 0.05) is 21.3 Å². The van der Waals surface area contributed by atoms with E-state index in [1.54, 1.807) is 21.3 Å². The Balaban J connectivity index is 2.78. The van der Waals surface area contributed by atoms with E-state index in [2.05, 4.69) is 49.2 Å². The zero-order valence-corrected chi connectivity index (χ0v) is 19.2. The molecule has 0 saturated carbocycles. The van der Waals surface area contributed by atoms with Gasteiger partial charge in [-0.1, -0.05) is 49.8 Å². The Morgan fingerprint density at radius 2 is 1.93 bits per heavy atom. The summed E-state index contributed by atoms with van der Waals surface area (Å²) in [5.41, 5.74) is 7.11. The molecule has 2 rings (SSSR count). The van der Waals surface area contributed by atoms with Gasteiger partial charge in [-0.15, -0.1) is 6.58 Å². The first-order valence-corrected chi connectivity index (χ1v) is 12.3. The van der Waals surface area contributed by atoms with Crippen LogP contribution in [0.4, 0.5) is 0 Å². The highest BCUT2D eigenvalue weighted by Crippen LogP contribution is 2.53. The second kappa shape index (κ2) is 9.65. The van der Waals surface area contributed by atoms with E-state index in [9.17, 15) is 0 Å². The fourth-order valence-electron chi connectivity index (χ4n) is 5.45. The van der Waals surface area contributed by atoms with Crippen LogP contribution in [0, 0.1) is 5.92 Å². The predicted octanol–water partition coefficient (Wildman–Crippen LogP) is 3.53.